The number of piperazine rings is 1. The standard InChI is InChI=1S/C24H22FN5O3S/c1-33-18-8-6-16(7-9-18)23(32)29-12-10-28(11-13-29)15-17-14-21(31)30-24(26-17)34-22(27-30)19-4-2-3-5-20(19)25/h2-9,14H,10-13,15H2,1H3. The SMILES string of the molecule is COc1ccc(C(=O)N2CCN(Cc3cc(=O)n4nc(-c5ccccc5F)sc4n3)CC2)cc1. The van der Waals surface area contributed by atoms with Gasteiger partial charge in [-0.05, 0) is 36.4 Å². The van der Waals surface area contributed by atoms with Gasteiger partial charge in [-0.25, -0.2) is 9.37 Å². The maximum absolute atomic E-state index is 14.1. The van der Waals surface area contributed by atoms with E-state index in [-0.39, 0.29) is 11.5 Å². The Morgan fingerprint density at radius 3 is 2.53 bits per heavy atom. The molecule has 0 bridgehead atoms. The average Bonchev–Trinajstić information content (AvgIpc) is 3.29. The van der Waals surface area contributed by atoms with Crippen molar-refractivity contribution in [3.05, 3.63) is 82.0 Å². The van der Waals surface area contributed by atoms with E-state index in [1.807, 2.05) is 4.90 Å². The number of hydrogen-bond acceptors (Lipinski definition) is 7. The number of methoxy groups -OCH3 is 1. The summed E-state index contributed by atoms with van der Waals surface area (Å²) >= 11 is 1.18. The van der Waals surface area contributed by atoms with Gasteiger partial charge in [0.2, 0.25) is 4.96 Å². The van der Waals surface area contributed by atoms with Crippen LogP contribution in [0.3, 0.4) is 0 Å². The second-order valence-corrected chi connectivity index (χ2v) is 8.92. The molecule has 174 valence electrons. The third-order valence-corrected chi connectivity index (χ3v) is 6.73. The molecule has 3 heterocycles. The molecule has 0 spiro atoms. The van der Waals surface area contributed by atoms with Crippen molar-refractivity contribution >= 4 is 22.2 Å². The number of benzene rings is 2. The number of amides is 1. The monoisotopic (exact) mass is 479 g/mol. The molecule has 0 atom stereocenters. The van der Waals surface area contributed by atoms with E-state index in [0.717, 1.165) is 0 Å². The zero-order valence-corrected chi connectivity index (χ0v) is 19.3. The minimum Gasteiger partial charge on any atom is -0.497 e. The molecule has 2 aromatic heterocycles. The van der Waals surface area contributed by atoms with Gasteiger partial charge in [-0.15, -0.1) is 0 Å². The lowest BCUT2D eigenvalue weighted by Gasteiger charge is -2.34. The maximum Gasteiger partial charge on any atom is 0.275 e. The molecule has 0 N–H and O–H groups in total. The lowest BCUT2D eigenvalue weighted by molar-refractivity contribution is 0.0627. The van der Waals surface area contributed by atoms with Crippen molar-refractivity contribution in [3.8, 4) is 16.3 Å². The highest BCUT2D eigenvalue weighted by molar-refractivity contribution is 7.19. The molecule has 8 nitrogen and oxygen atoms in total. The molecule has 5 rings (SSSR count). The van der Waals surface area contributed by atoms with Crippen LogP contribution in [-0.2, 0) is 6.54 Å². The predicted octanol–water partition coefficient (Wildman–Crippen LogP) is 2.92. The van der Waals surface area contributed by atoms with E-state index >= 15 is 0 Å². The van der Waals surface area contributed by atoms with Crippen LogP contribution in [0.1, 0.15) is 16.1 Å². The second kappa shape index (κ2) is 9.32. The summed E-state index contributed by atoms with van der Waals surface area (Å²) < 4.78 is 20.5. The van der Waals surface area contributed by atoms with Gasteiger partial charge in [-0.2, -0.15) is 9.61 Å². The molecule has 4 aromatic rings. The van der Waals surface area contributed by atoms with E-state index in [9.17, 15) is 14.0 Å². The first-order chi connectivity index (χ1) is 16.5. The first-order valence-corrected chi connectivity index (χ1v) is 11.6. The molecule has 1 fully saturated rings. The molecule has 0 unspecified atom stereocenters. The van der Waals surface area contributed by atoms with Gasteiger partial charge in [0, 0.05) is 49.9 Å². The molecule has 1 aliphatic rings. The van der Waals surface area contributed by atoms with Crippen molar-refractivity contribution in [2.75, 3.05) is 33.3 Å². The fraction of sp³-hybridized carbons (Fsp3) is 0.250. The number of aromatic nitrogens is 3. The molecular formula is C24H22FN5O3S. The zero-order valence-electron chi connectivity index (χ0n) is 18.5. The van der Waals surface area contributed by atoms with Crippen LogP contribution in [0, 0.1) is 5.82 Å². The number of fused-ring (bicyclic) bond motifs is 1. The summed E-state index contributed by atoms with van der Waals surface area (Å²) in [6, 6.07) is 14.9. The van der Waals surface area contributed by atoms with Crippen molar-refractivity contribution in [1.82, 2.24) is 24.4 Å². The van der Waals surface area contributed by atoms with Crippen molar-refractivity contribution in [3.63, 3.8) is 0 Å². The highest BCUT2D eigenvalue weighted by atomic mass is 32.1. The fourth-order valence-electron chi connectivity index (χ4n) is 3.94. The Morgan fingerprint density at radius 2 is 1.82 bits per heavy atom. The number of nitrogens with zero attached hydrogens (tertiary/aromatic N) is 5. The summed E-state index contributed by atoms with van der Waals surface area (Å²) in [5, 5.41) is 4.66. The van der Waals surface area contributed by atoms with Gasteiger partial charge in [0.1, 0.15) is 11.6 Å². The van der Waals surface area contributed by atoms with Crippen LogP contribution in [0.25, 0.3) is 15.5 Å². The Balaban J connectivity index is 1.26. The summed E-state index contributed by atoms with van der Waals surface area (Å²) in [6.07, 6.45) is 0. The molecule has 1 aliphatic heterocycles. The lowest BCUT2D eigenvalue weighted by atomic mass is 10.1. The summed E-state index contributed by atoms with van der Waals surface area (Å²) in [6.45, 7) is 3.01. The normalized spacial score (nSPS) is 14.5. The van der Waals surface area contributed by atoms with Crippen LogP contribution in [0.5, 0.6) is 5.75 Å². The van der Waals surface area contributed by atoms with E-state index < -0.39 is 5.82 Å². The van der Waals surface area contributed by atoms with Gasteiger partial charge in [0.15, 0.2) is 5.01 Å². The van der Waals surface area contributed by atoms with Crippen molar-refractivity contribution in [2.45, 2.75) is 6.54 Å². The quantitative estimate of drug-likeness (QED) is 0.438. The van der Waals surface area contributed by atoms with Gasteiger partial charge >= 0.3 is 0 Å². The molecule has 34 heavy (non-hydrogen) atoms. The van der Waals surface area contributed by atoms with E-state index in [4.69, 9.17) is 4.74 Å². The van der Waals surface area contributed by atoms with Crippen LogP contribution < -0.4 is 10.3 Å². The summed E-state index contributed by atoms with van der Waals surface area (Å²) in [5.74, 6) is 0.311. The highest BCUT2D eigenvalue weighted by Crippen LogP contribution is 2.26. The Hall–Kier alpha value is -3.63. The molecule has 10 heteroatoms. The second-order valence-electron chi connectivity index (χ2n) is 7.96. The van der Waals surface area contributed by atoms with Gasteiger partial charge in [-0.3, -0.25) is 14.5 Å². The van der Waals surface area contributed by atoms with E-state index in [0.29, 0.717) is 65.3 Å². The Morgan fingerprint density at radius 1 is 1.09 bits per heavy atom. The maximum atomic E-state index is 14.1. The van der Waals surface area contributed by atoms with Crippen LogP contribution in [0.4, 0.5) is 4.39 Å². The Kier molecular flexibility index (Phi) is 6.08. The van der Waals surface area contributed by atoms with Crippen LogP contribution in [0.2, 0.25) is 0 Å². The third kappa shape index (κ3) is 4.42. The molecule has 0 saturated carbocycles. The molecule has 1 saturated heterocycles. The van der Waals surface area contributed by atoms with Crippen molar-refractivity contribution in [1.29, 1.82) is 0 Å². The molecule has 2 aromatic carbocycles. The summed E-state index contributed by atoms with van der Waals surface area (Å²) in [7, 11) is 1.59. The Labute approximate surface area is 198 Å². The van der Waals surface area contributed by atoms with Gasteiger partial charge in [0.05, 0.1) is 12.8 Å². The van der Waals surface area contributed by atoms with Crippen molar-refractivity contribution < 1.29 is 13.9 Å². The number of carbonyl (C=O) groups is 1. The van der Waals surface area contributed by atoms with Crippen LogP contribution in [0.15, 0.2) is 59.4 Å². The predicted molar refractivity (Wildman–Crippen MR) is 127 cm³/mol. The number of rotatable bonds is 5. The van der Waals surface area contributed by atoms with Crippen LogP contribution in [-0.4, -0.2) is 63.6 Å². The fourth-order valence-corrected chi connectivity index (χ4v) is 4.89. The topological polar surface area (TPSA) is 80.0 Å². The van der Waals surface area contributed by atoms with Gasteiger partial charge in [0.25, 0.3) is 11.5 Å². The van der Waals surface area contributed by atoms with Gasteiger partial charge in [-0.1, -0.05) is 23.5 Å². The largest absolute Gasteiger partial charge is 0.497 e. The molecule has 0 radical (unpaired) electrons. The number of ether oxygens (including phenoxy) is 1. The Bertz CT molecular complexity index is 1390. The summed E-state index contributed by atoms with van der Waals surface area (Å²) in [5.41, 5.74) is 1.30. The number of carbonyl (C=O) groups excluding carboxylic acids is 1. The highest BCUT2D eigenvalue weighted by Gasteiger charge is 2.23. The smallest absolute Gasteiger partial charge is 0.275 e. The molecular weight excluding hydrogens is 457 g/mol. The first kappa shape index (κ1) is 22.2. The minimum absolute atomic E-state index is 0.00887. The average molecular weight is 480 g/mol. The first-order valence-electron chi connectivity index (χ1n) is 10.8. The van der Waals surface area contributed by atoms with Crippen molar-refractivity contribution in [2.24, 2.45) is 0 Å². The molecule has 1 amide bonds. The minimum atomic E-state index is -0.392. The lowest BCUT2D eigenvalue weighted by Crippen LogP contribution is -2.48. The number of halogens is 1. The third-order valence-electron chi connectivity index (χ3n) is 5.78. The summed E-state index contributed by atoms with van der Waals surface area (Å²) in [4.78, 5) is 34.4. The van der Waals surface area contributed by atoms with E-state index in [1.54, 1.807) is 49.6 Å². The van der Waals surface area contributed by atoms with E-state index in [2.05, 4.69) is 15.0 Å². The number of hydrogen-bond donors (Lipinski definition) is 0. The molecule has 0 aliphatic carbocycles. The van der Waals surface area contributed by atoms with Gasteiger partial charge < -0.3 is 9.64 Å². The van der Waals surface area contributed by atoms with E-state index in [1.165, 1.54) is 28.0 Å². The van der Waals surface area contributed by atoms with Crippen LogP contribution >= 0.6 is 11.3 Å². The zero-order chi connectivity index (χ0) is 23.7.